The molecule has 0 atom stereocenters. The van der Waals surface area contributed by atoms with Gasteiger partial charge in [0.2, 0.25) is 5.91 Å². The summed E-state index contributed by atoms with van der Waals surface area (Å²) in [5, 5.41) is 14.1. The fraction of sp³-hybridized carbons (Fsp3) is 0.769. The molecule has 112 valence electrons. The van der Waals surface area contributed by atoms with Crippen molar-refractivity contribution in [2.24, 2.45) is 5.41 Å². The maximum atomic E-state index is 11.7. The number of likely N-dealkylation sites (tertiary alicyclic amines) is 1. The summed E-state index contributed by atoms with van der Waals surface area (Å²) in [6.45, 7) is 2.05. The number of amides is 3. The second kappa shape index (κ2) is 6.11. The van der Waals surface area contributed by atoms with Crippen molar-refractivity contribution in [3.05, 3.63) is 0 Å². The van der Waals surface area contributed by atoms with Gasteiger partial charge in [-0.05, 0) is 25.7 Å². The molecule has 2 fully saturated rings. The predicted octanol–water partition coefficient (Wildman–Crippen LogP) is 0.163. The van der Waals surface area contributed by atoms with Crippen LogP contribution in [0.2, 0.25) is 0 Å². The molecule has 3 amide bonds. The number of urea groups is 1. The van der Waals surface area contributed by atoms with E-state index in [1.807, 2.05) is 4.90 Å². The number of nitrogens with one attached hydrogen (secondary N) is 2. The van der Waals surface area contributed by atoms with Gasteiger partial charge in [-0.15, -0.1) is 0 Å². The molecule has 7 nitrogen and oxygen atoms in total. The summed E-state index contributed by atoms with van der Waals surface area (Å²) in [5.74, 6) is -0.797. The highest BCUT2D eigenvalue weighted by molar-refractivity contribution is 5.81. The van der Waals surface area contributed by atoms with Gasteiger partial charge in [0, 0.05) is 32.6 Å². The summed E-state index contributed by atoms with van der Waals surface area (Å²) in [7, 11) is 0. The number of nitrogens with zero attached hydrogens (tertiary/aromatic N) is 1. The molecule has 1 aliphatic heterocycles. The predicted molar refractivity (Wildman–Crippen MR) is 71.1 cm³/mol. The van der Waals surface area contributed by atoms with Gasteiger partial charge in [-0.1, -0.05) is 0 Å². The van der Waals surface area contributed by atoms with Crippen molar-refractivity contribution >= 4 is 17.9 Å². The number of hydrogen-bond donors (Lipinski definition) is 3. The van der Waals surface area contributed by atoms with Gasteiger partial charge in [-0.3, -0.25) is 9.59 Å². The van der Waals surface area contributed by atoms with Crippen LogP contribution in [0.1, 0.15) is 32.1 Å². The molecule has 1 saturated carbocycles. The second-order valence-corrected chi connectivity index (χ2v) is 5.53. The smallest absolute Gasteiger partial charge is 0.314 e. The van der Waals surface area contributed by atoms with E-state index < -0.39 is 17.4 Å². The Kier molecular flexibility index (Phi) is 4.46. The number of carbonyl (C=O) groups excluding carboxylic acids is 2. The average molecular weight is 283 g/mol. The Balaban J connectivity index is 1.58. The number of carbonyl (C=O) groups is 3. The third-order valence-corrected chi connectivity index (χ3v) is 3.98. The van der Waals surface area contributed by atoms with Gasteiger partial charge in [0.15, 0.2) is 0 Å². The van der Waals surface area contributed by atoms with Crippen LogP contribution in [0.4, 0.5) is 4.79 Å². The maximum absolute atomic E-state index is 11.7. The number of carboxylic acid groups (broad SMARTS) is 1. The number of hydrogen-bond acceptors (Lipinski definition) is 3. The van der Waals surface area contributed by atoms with Gasteiger partial charge >= 0.3 is 12.0 Å². The Hall–Kier alpha value is -1.79. The molecule has 1 heterocycles. The molecular weight excluding hydrogens is 262 g/mol. The first-order valence-corrected chi connectivity index (χ1v) is 7.06. The zero-order chi connectivity index (χ0) is 14.6. The molecule has 0 aromatic heterocycles. The van der Waals surface area contributed by atoms with Crippen molar-refractivity contribution in [1.29, 1.82) is 0 Å². The van der Waals surface area contributed by atoms with Crippen molar-refractivity contribution in [3.8, 4) is 0 Å². The normalized spacial score (nSPS) is 19.5. The third kappa shape index (κ3) is 3.61. The standard InChI is InChI=1S/C13H21N3O4/c17-10(16-7-1-2-8-16)3-6-14-12(20)15-9-13(4-5-13)11(18)19/h1-9H2,(H,18,19)(H2,14,15,20). The molecule has 2 rings (SSSR count). The second-order valence-electron chi connectivity index (χ2n) is 5.53. The number of carboxylic acids is 1. The van der Waals surface area contributed by atoms with Crippen LogP contribution in [-0.2, 0) is 9.59 Å². The van der Waals surface area contributed by atoms with E-state index in [4.69, 9.17) is 5.11 Å². The van der Waals surface area contributed by atoms with Crippen LogP contribution < -0.4 is 10.6 Å². The van der Waals surface area contributed by atoms with Crippen molar-refractivity contribution in [2.75, 3.05) is 26.2 Å². The topological polar surface area (TPSA) is 98.7 Å². The first-order valence-electron chi connectivity index (χ1n) is 7.06. The molecule has 1 aliphatic carbocycles. The lowest BCUT2D eigenvalue weighted by atomic mass is 10.1. The molecule has 2 aliphatic rings. The molecule has 0 radical (unpaired) electrons. The van der Waals surface area contributed by atoms with E-state index in [9.17, 15) is 14.4 Å². The summed E-state index contributed by atoms with van der Waals surface area (Å²) in [5.41, 5.74) is -0.761. The summed E-state index contributed by atoms with van der Waals surface area (Å²) >= 11 is 0. The van der Waals surface area contributed by atoms with Crippen LogP contribution >= 0.6 is 0 Å². The summed E-state index contributed by atoms with van der Waals surface area (Å²) in [6.07, 6.45) is 3.61. The van der Waals surface area contributed by atoms with E-state index in [-0.39, 0.29) is 25.4 Å². The molecule has 0 unspecified atom stereocenters. The Bertz CT molecular complexity index is 400. The molecule has 0 bridgehead atoms. The molecule has 7 heteroatoms. The van der Waals surface area contributed by atoms with Crippen LogP contribution in [0.15, 0.2) is 0 Å². The van der Waals surface area contributed by atoms with Crippen molar-refractivity contribution in [3.63, 3.8) is 0 Å². The van der Waals surface area contributed by atoms with E-state index >= 15 is 0 Å². The first-order chi connectivity index (χ1) is 9.53. The van der Waals surface area contributed by atoms with Crippen molar-refractivity contribution in [2.45, 2.75) is 32.1 Å². The highest BCUT2D eigenvalue weighted by atomic mass is 16.4. The van der Waals surface area contributed by atoms with Crippen LogP contribution in [0, 0.1) is 5.41 Å². The van der Waals surface area contributed by atoms with Gasteiger partial charge in [-0.25, -0.2) is 4.79 Å². The fourth-order valence-electron chi connectivity index (χ4n) is 2.34. The Morgan fingerprint density at radius 1 is 1.10 bits per heavy atom. The molecule has 0 aromatic rings. The largest absolute Gasteiger partial charge is 0.481 e. The Labute approximate surface area is 117 Å². The van der Waals surface area contributed by atoms with Crippen LogP contribution in [-0.4, -0.2) is 54.1 Å². The zero-order valence-electron chi connectivity index (χ0n) is 11.5. The van der Waals surface area contributed by atoms with Crippen LogP contribution in [0.3, 0.4) is 0 Å². The maximum Gasteiger partial charge on any atom is 0.314 e. The lowest BCUT2D eigenvalue weighted by molar-refractivity contribution is -0.143. The summed E-state index contributed by atoms with van der Waals surface area (Å²) < 4.78 is 0. The van der Waals surface area contributed by atoms with Crippen LogP contribution in [0.25, 0.3) is 0 Å². The molecule has 20 heavy (non-hydrogen) atoms. The summed E-state index contributed by atoms with van der Waals surface area (Å²) in [6, 6.07) is -0.410. The van der Waals surface area contributed by atoms with E-state index in [1.54, 1.807) is 0 Å². The minimum absolute atomic E-state index is 0.0620. The molecule has 0 spiro atoms. The van der Waals surface area contributed by atoms with Gasteiger partial charge in [0.25, 0.3) is 0 Å². The SMILES string of the molecule is O=C(NCCC(=O)N1CCCC1)NCC1(C(=O)O)CC1. The molecule has 1 saturated heterocycles. The van der Waals surface area contributed by atoms with Crippen molar-refractivity contribution < 1.29 is 19.5 Å². The quantitative estimate of drug-likeness (QED) is 0.646. The molecule has 0 aromatic carbocycles. The Morgan fingerprint density at radius 2 is 1.75 bits per heavy atom. The van der Waals surface area contributed by atoms with Crippen molar-refractivity contribution in [1.82, 2.24) is 15.5 Å². The van der Waals surface area contributed by atoms with E-state index in [1.165, 1.54) is 0 Å². The van der Waals surface area contributed by atoms with Gasteiger partial charge in [-0.2, -0.15) is 0 Å². The fourth-order valence-corrected chi connectivity index (χ4v) is 2.34. The highest BCUT2D eigenvalue weighted by Gasteiger charge is 2.50. The summed E-state index contributed by atoms with van der Waals surface area (Å²) in [4.78, 5) is 36.0. The molecular formula is C13H21N3O4. The minimum Gasteiger partial charge on any atom is -0.481 e. The van der Waals surface area contributed by atoms with Gasteiger partial charge < -0.3 is 20.6 Å². The molecule has 3 N–H and O–H groups in total. The van der Waals surface area contributed by atoms with E-state index in [2.05, 4.69) is 10.6 Å². The number of rotatable bonds is 6. The first kappa shape index (κ1) is 14.6. The van der Waals surface area contributed by atoms with Gasteiger partial charge in [0.05, 0.1) is 5.41 Å². The van der Waals surface area contributed by atoms with Crippen LogP contribution in [0.5, 0.6) is 0 Å². The van der Waals surface area contributed by atoms with E-state index in [0.29, 0.717) is 12.8 Å². The lowest BCUT2D eigenvalue weighted by Gasteiger charge is -2.15. The number of aliphatic carboxylic acids is 1. The Morgan fingerprint density at radius 3 is 2.30 bits per heavy atom. The monoisotopic (exact) mass is 283 g/mol. The van der Waals surface area contributed by atoms with Gasteiger partial charge in [0.1, 0.15) is 0 Å². The highest BCUT2D eigenvalue weighted by Crippen LogP contribution is 2.45. The lowest BCUT2D eigenvalue weighted by Crippen LogP contribution is -2.42. The third-order valence-electron chi connectivity index (χ3n) is 3.98. The average Bonchev–Trinajstić information content (AvgIpc) is 3.01. The minimum atomic E-state index is -0.859. The zero-order valence-corrected chi connectivity index (χ0v) is 11.5. The van der Waals surface area contributed by atoms with E-state index in [0.717, 1.165) is 25.9 Å².